The third kappa shape index (κ3) is 2.67. The summed E-state index contributed by atoms with van der Waals surface area (Å²) in [6, 6.07) is -0.0816. The van der Waals surface area contributed by atoms with E-state index in [1.807, 2.05) is 6.92 Å². The van der Waals surface area contributed by atoms with E-state index < -0.39 is 0 Å². The SMILES string of the molecule is C[C@H](CN)NC(=O)c1cnc(N)cn1. The van der Waals surface area contributed by atoms with Gasteiger partial charge >= 0.3 is 0 Å². The van der Waals surface area contributed by atoms with E-state index in [0.29, 0.717) is 6.54 Å². The summed E-state index contributed by atoms with van der Waals surface area (Å²) in [5.41, 5.74) is 10.9. The number of rotatable bonds is 3. The number of amides is 1. The lowest BCUT2D eigenvalue weighted by molar-refractivity contribution is 0.0936. The van der Waals surface area contributed by atoms with E-state index in [9.17, 15) is 4.79 Å². The lowest BCUT2D eigenvalue weighted by Crippen LogP contribution is -2.38. The molecule has 14 heavy (non-hydrogen) atoms. The molecule has 1 aromatic rings. The van der Waals surface area contributed by atoms with Gasteiger partial charge in [0.1, 0.15) is 11.5 Å². The Morgan fingerprint density at radius 2 is 2.29 bits per heavy atom. The molecule has 0 unspecified atom stereocenters. The van der Waals surface area contributed by atoms with E-state index in [1.165, 1.54) is 12.4 Å². The zero-order valence-corrected chi connectivity index (χ0v) is 7.90. The summed E-state index contributed by atoms with van der Waals surface area (Å²) in [6.07, 6.45) is 2.66. The van der Waals surface area contributed by atoms with E-state index in [4.69, 9.17) is 11.5 Å². The number of carbonyl (C=O) groups is 1. The van der Waals surface area contributed by atoms with Gasteiger partial charge in [0.05, 0.1) is 12.4 Å². The molecule has 1 heterocycles. The lowest BCUT2D eigenvalue weighted by Gasteiger charge is -2.10. The maximum absolute atomic E-state index is 11.4. The summed E-state index contributed by atoms with van der Waals surface area (Å²) >= 11 is 0. The van der Waals surface area contributed by atoms with Crippen LogP contribution in [0.15, 0.2) is 12.4 Å². The molecule has 0 aromatic carbocycles. The van der Waals surface area contributed by atoms with Crippen molar-refractivity contribution >= 4 is 11.7 Å². The van der Waals surface area contributed by atoms with Crippen LogP contribution in [0.25, 0.3) is 0 Å². The van der Waals surface area contributed by atoms with Crippen molar-refractivity contribution in [2.24, 2.45) is 5.73 Å². The van der Waals surface area contributed by atoms with E-state index >= 15 is 0 Å². The second kappa shape index (κ2) is 4.52. The topological polar surface area (TPSA) is 107 Å². The fourth-order valence-corrected chi connectivity index (χ4v) is 0.812. The van der Waals surface area contributed by atoms with Gasteiger partial charge in [-0.05, 0) is 6.92 Å². The van der Waals surface area contributed by atoms with Crippen LogP contribution in [0.1, 0.15) is 17.4 Å². The molecule has 1 aromatic heterocycles. The molecule has 6 nitrogen and oxygen atoms in total. The van der Waals surface area contributed by atoms with Crippen molar-refractivity contribution < 1.29 is 4.79 Å². The molecular formula is C8H13N5O. The largest absolute Gasteiger partial charge is 0.382 e. The van der Waals surface area contributed by atoms with Gasteiger partial charge in [-0.2, -0.15) is 0 Å². The third-order valence-corrected chi connectivity index (χ3v) is 1.64. The standard InChI is InChI=1S/C8H13N5O/c1-5(2-9)13-8(14)6-3-12-7(10)4-11-6/h3-5H,2,9H2,1H3,(H2,10,12)(H,13,14)/t5-/m1/s1. The molecule has 0 saturated heterocycles. The number of nitrogens with one attached hydrogen (secondary N) is 1. The van der Waals surface area contributed by atoms with Gasteiger partial charge < -0.3 is 16.8 Å². The highest BCUT2D eigenvalue weighted by Gasteiger charge is 2.09. The highest BCUT2D eigenvalue weighted by molar-refractivity contribution is 5.92. The Morgan fingerprint density at radius 3 is 2.79 bits per heavy atom. The van der Waals surface area contributed by atoms with Gasteiger partial charge in [0.15, 0.2) is 0 Å². The Balaban J connectivity index is 2.65. The van der Waals surface area contributed by atoms with Crippen LogP contribution in [0.5, 0.6) is 0 Å². The van der Waals surface area contributed by atoms with Crippen molar-refractivity contribution in [3.05, 3.63) is 18.1 Å². The minimum absolute atomic E-state index is 0.0816. The van der Waals surface area contributed by atoms with Crippen molar-refractivity contribution in [1.82, 2.24) is 15.3 Å². The minimum atomic E-state index is -0.296. The van der Waals surface area contributed by atoms with Crippen LogP contribution < -0.4 is 16.8 Å². The number of hydrogen-bond donors (Lipinski definition) is 3. The molecule has 1 rings (SSSR count). The molecule has 0 radical (unpaired) electrons. The predicted molar refractivity (Wildman–Crippen MR) is 52.4 cm³/mol. The Kier molecular flexibility index (Phi) is 3.35. The predicted octanol–water partition coefficient (Wildman–Crippen LogP) is -0.864. The summed E-state index contributed by atoms with van der Waals surface area (Å²) in [5, 5.41) is 2.66. The monoisotopic (exact) mass is 195 g/mol. The normalized spacial score (nSPS) is 12.1. The number of hydrogen-bond acceptors (Lipinski definition) is 5. The summed E-state index contributed by atoms with van der Waals surface area (Å²) in [5.74, 6) is -0.0103. The fraction of sp³-hybridized carbons (Fsp3) is 0.375. The number of nitrogens with zero attached hydrogens (tertiary/aromatic N) is 2. The quantitative estimate of drug-likeness (QED) is 0.581. The smallest absolute Gasteiger partial charge is 0.271 e. The van der Waals surface area contributed by atoms with Crippen LogP contribution in [0.3, 0.4) is 0 Å². The fourth-order valence-electron chi connectivity index (χ4n) is 0.812. The van der Waals surface area contributed by atoms with Crippen LogP contribution in [0.2, 0.25) is 0 Å². The van der Waals surface area contributed by atoms with Crippen molar-refractivity contribution in [2.45, 2.75) is 13.0 Å². The summed E-state index contributed by atoms with van der Waals surface area (Å²) in [7, 11) is 0. The number of aromatic nitrogens is 2. The summed E-state index contributed by atoms with van der Waals surface area (Å²) in [6.45, 7) is 2.19. The molecule has 0 spiro atoms. The number of nitrogens with two attached hydrogens (primary N) is 2. The first kappa shape index (κ1) is 10.4. The van der Waals surface area contributed by atoms with Gasteiger partial charge in [-0.25, -0.2) is 9.97 Å². The zero-order chi connectivity index (χ0) is 10.6. The van der Waals surface area contributed by atoms with Gasteiger partial charge in [0.25, 0.3) is 5.91 Å². The van der Waals surface area contributed by atoms with Gasteiger partial charge in [0.2, 0.25) is 0 Å². The third-order valence-electron chi connectivity index (χ3n) is 1.64. The number of carbonyl (C=O) groups excluding carboxylic acids is 1. The van der Waals surface area contributed by atoms with Gasteiger partial charge in [-0.15, -0.1) is 0 Å². The van der Waals surface area contributed by atoms with Crippen LogP contribution in [-0.4, -0.2) is 28.5 Å². The Hall–Kier alpha value is -1.69. The molecule has 0 bridgehead atoms. The second-order valence-electron chi connectivity index (χ2n) is 2.94. The zero-order valence-electron chi connectivity index (χ0n) is 7.90. The van der Waals surface area contributed by atoms with E-state index in [0.717, 1.165) is 0 Å². The van der Waals surface area contributed by atoms with Crippen LogP contribution in [-0.2, 0) is 0 Å². The van der Waals surface area contributed by atoms with Crippen molar-refractivity contribution in [1.29, 1.82) is 0 Å². The van der Waals surface area contributed by atoms with Crippen molar-refractivity contribution in [2.75, 3.05) is 12.3 Å². The average molecular weight is 195 g/mol. The second-order valence-corrected chi connectivity index (χ2v) is 2.94. The molecule has 0 aliphatic carbocycles. The van der Waals surface area contributed by atoms with Crippen LogP contribution >= 0.6 is 0 Å². The highest BCUT2D eigenvalue weighted by atomic mass is 16.1. The average Bonchev–Trinajstić information content (AvgIpc) is 2.18. The Morgan fingerprint density at radius 1 is 1.57 bits per heavy atom. The van der Waals surface area contributed by atoms with Gasteiger partial charge in [-0.1, -0.05) is 0 Å². The first-order valence-electron chi connectivity index (χ1n) is 4.22. The number of anilines is 1. The van der Waals surface area contributed by atoms with Gasteiger partial charge in [-0.3, -0.25) is 4.79 Å². The maximum Gasteiger partial charge on any atom is 0.271 e. The van der Waals surface area contributed by atoms with E-state index in [1.54, 1.807) is 0 Å². The molecule has 6 heteroatoms. The van der Waals surface area contributed by atoms with Crippen LogP contribution in [0, 0.1) is 0 Å². The maximum atomic E-state index is 11.4. The van der Waals surface area contributed by atoms with Crippen molar-refractivity contribution in [3.63, 3.8) is 0 Å². The molecule has 0 saturated carbocycles. The number of nitrogen functional groups attached to an aromatic ring is 1. The molecule has 5 N–H and O–H groups in total. The Labute approximate surface area is 81.7 Å². The summed E-state index contributed by atoms with van der Waals surface area (Å²) in [4.78, 5) is 19.0. The van der Waals surface area contributed by atoms with Crippen LogP contribution in [0.4, 0.5) is 5.82 Å². The van der Waals surface area contributed by atoms with Crippen molar-refractivity contribution in [3.8, 4) is 0 Å². The first-order chi connectivity index (χ1) is 6.63. The first-order valence-corrected chi connectivity index (χ1v) is 4.22. The molecular weight excluding hydrogens is 182 g/mol. The Bertz CT molecular complexity index is 310. The summed E-state index contributed by atoms with van der Waals surface area (Å²) < 4.78 is 0. The molecule has 1 atom stereocenters. The molecule has 0 aliphatic heterocycles. The molecule has 76 valence electrons. The lowest BCUT2D eigenvalue weighted by atomic mass is 10.3. The molecule has 1 amide bonds. The molecule has 0 aliphatic rings. The van der Waals surface area contributed by atoms with E-state index in [-0.39, 0.29) is 23.5 Å². The van der Waals surface area contributed by atoms with Gasteiger partial charge in [0, 0.05) is 12.6 Å². The minimum Gasteiger partial charge on any atom is -0.382 e. The molecule has 0 fully saturated rings. The highest BCUT2D eigenvalue weighted by Crippen LogP contribution is 1.96. The van der Waals surface area contributed by atoms with E-state index in [2.05, 4.69) is 15.3 Å².